The molecule has 11 heteroatoms. The molecule has 1 fully saturated rings. The quantitative estimate of drug-likeness (QED) is 0.650. The van der Waals surface area contributed by atoms with Gasteiger partial charge in [-0.1, -0.05) is 6.07 Å². The second-order valence-electron chi connectivity index (χ2n) is 7.11. The van der Waals surface area contributed by atoms with Crippen LogP contribution < -0.4 is 5.69 Å². The van der Waals surface area contributed by atoms with Crippen molar-refractivity contribution >= 4 is 11.6 Å². The lowest BCUT2D eigenvalue weighted by molar-refractivity contribution is -0.147. The number of carbonyl (C=O) groups excluding carboxylic acids is 1. The highest BCUT2D eigenvalue weighted by Gasteiger charge is 2.39. The zero-order valence-electron chi connectivity index (χ0n) is 15.8. The summed E-state index contributed by atoms with van der Waals surface area (Å²) in [6.45, 7) is 2.39. The van der Waals surface area contributed by atoms with Gasteiger partial charge in [0.15, 0.2) is 0 Å². The number of piperidine rings is 1. The number of fused-ring (bicyclic) bond motifs is 1. The van der Waals surface area contributed by atoms with E-state index in [2.05, 4.69) is 10.1 Å². The van der Waals surface area contributed by atoms with Crippen LogP contribution in [-0.2, 0) is 13.2 Å². The number of imidazole rings is 1. The molecule has 3 aromatic rings. The summed E-state index contributed by atoms with van der Waals surface area (Å²) in [4.78, 5) is 31.3. The van der Waals surface area contributed by atoms with E-state index in [1.807, 2.05) is 18.2 Å². The molecule has 4 rings (SSSR count). The molecule has 0 unspecified atom stereocenters. The summed E-state index contributed by atoms with van der Waals surface area (Å²) in [5.41, 5.74) is 0.940. The Morgan fingerprint density at radius 1 is 1.21 bits per heavy atom. The molecule has 0 N–H and O–H groups in total. The first-order valence-corrected chi connectivity index (χ1v) is 9.14. The number of hydrogen-bond acceptors (Lipinski definition) is 4. The van der Waals surface area contributed by atoms with Crippen molar-refractivity contribution in [1.82, 2.24) is 28.6 Å². The highest BCUT2D eigenvalue weighted by Crippen LogP contribution is 2.28. The fourth-order valence-electron chi connectivity index (χ4n) is 3.78. The van der Waals surface area contributed by atoms with Gasteiger partial charge in [0.25, 0.3) is 5.91 Å². The van der Waals surface area contributed by atoms with Crippen LogP contribution >= 0.6 is 0 Å². The van der Waals surface area contributed by atoms with E-state index in [-0.39, 0.29) is 5.91 Å². The van der Waals surface area contributed by atoms with Crippen molar-refractivity contribution in [3.05, 3.63) is 52.1 Å². The number of hydrogen-bond donors (Lipinski definition) is 0. The van der Waals surface area contributed by atoms with E-state index in [4.69, 9.17) is 0 Å². The predicted molar refractivity (Wildman–Crippen MR) is 96.6 cm³/mol. The first kappa shape index (κ1) is 19.2. The summed E-state index contributed by atoms with van der Waals surface area (Å²) in [6.07, 6.45) is -2.25. The number of pyridine rings is 1. The Morgan fingerprint density at radius 2 is 1.90 bits per heavy atom. The number of carbonyl (C=O) groups is 1. The first-order valence-electron chi connectivity index (χ1n) is 9.14. The molecule has 8 nitrogen and oxygen atoms in total. The van der Waals surface area contributed by atoms with Gasteiger partial charge in [-0.05, 0) is 31.9 Å². The molecule has 1 amide bonds. The smallest absolute Gasteiger partial charge is 0.337 e. The van der Waals surface area contributed by atoms with E-state index in [1.54, 1.807) is 22.4 Å². The van der Waals surface area contributed by atoms with Gasteiger partial charge in [0, 0.05) is 26.3 Å². The van der Waals surface area contributed by atoms with Crippen LogP contribution in [0.25, 0.3) is 5.65 Å². The molecule has 3 aromatic heterocycles. The molecule has 0 bridgehead atoms. The Morgan fingerprint density at radius 3 is 2.52 bits per heavy atom. The van der Waals surface area contributed by atoms with E-state index in [0.29, 0.717) is 47.5 Å². The normalized spacial score (nSPS) is 16.0. The number of halogens is 3. The number of rotatable bonds is 2. The van der Waals surface area contributed by atoms with Gasteiger partial charge in [-0.15, -0.1) is 5.10 Å². The molecule has 1 aliphatic rings. The van der Waals surface area contributed by atoms with Crippen LogP contribution in [0.1, 0.15) is 40.9 Å². The molecule has 1 saturated heterocycles. The van der Waals surface area contributed by atoms with Gasteiger partial charge in [0.1, 0.15) is 11.3 Å². The van der Waals surface area contributed by atoms with Gasteiger partial charge >= 0.3 is 11.9 Å². The molecule has 29 heavy (non-hydrogen) atoms. The summed E-state index contributed by atoms with van der Waals surface area (Å²) >= 11 is 0. The molecule has 1 aliphatic heterocycles. The van der Waals surface area contributed by atoms with Crippen molar-refractivity contribution in [3.63, 3.8) is 0 Å². The highest BCUT2D eigenvalue weighted by molar-refractivity contribution is 5.94. The number of aromatic nitrogens is 5. The molecule has 0 aliphatic carbocycles. The van der Waals surface area contributed by atoms with Crippen LogP contribution in [0.15, 0.2) is 29.2 Å². The highest BCUT2D eigenvalue weighted by atomic mass is 19.4. The minimum atomic E-state index is -4.70. The molecule has 0 atom stereocenters. The molecular formula is C18H19F3N6O2. The largest absolute Gasteiger partial charge is 0.451 e. The summed E-state index contributed by atoms with van der Waals surface area (Å²) in [5.74, 6) is -1.41. The Hall–Kier alpha value is -3.11. The third kappa shape index (κ3) is 3.19. The van der Waals surface area contributed by atoms with E-state index in [1.165, 1.54) is 0 Å². The Kier molecular flexibility index (Phi) is 4.47. The number of likely N-dealkylation sites (tertiary alicyclic amines) is 1. The van der Waals surface area contributed by atoms with Crippen molar-refractivity contribution in [1.29, 1.82) is 0 Å². The Labute approximate surface area is 163 Å². The maximum atomic E-state index is 13.0. The molecule has 0 saturated carbocycles. The van der Waals surface area contributed by atoms with Crippen LogP contribution in [0.5, 0.6) is 0 Å². The van der Waals surface area contributed by atoms with Crippen molar-refractivity contribution in [3.8, 4) is 0 Å². The van der Waals surface area contributed by atoms with Crippen molar-refractivity contribution in [2.45, 2.75) is 32.0 Å². The van der Waals surface area contributed by atoms with Gasteiger partial charge in [0.2, 0.25) is 5.82 Å². The number of amides is 1. The van der Waals surface area contributed by atoms with Crippen LogP contribution in [0, 0.1) is 6.92 Å². The number of alkyl halides is 3. The summed E-state index contributed by atoms with van der Waals surface area (Å²) in [5, 5.41) is 3.50. The van der Waals surface area contributed by atoms with E-state index >= 15 is 0 Å². The van der Waals surface area contributed by atoms with Gasteiger partial charge in [-0.3, -0.25) is 13.8 Å². The van der Waals surface area contributed by atoms with Crippen LogP contribution in [0.2, 0.25) is 0 Å². The zero-order chi connectivity index (χ0) is 20.9. The lowest BCUT2D eigenvalue weighted by atomic mass is 10.0. The topological polar surface area (TPSA) is 77.4 Å². The Bertz CT molecular complexity index is 1130. The third-order valence-corrected chi connectivity index (χ3v) is 5.26. The van der Waals surface area contributed by atoms with E-state index in [9.17, 15) is 22.8 Å². The first-order chi connectivity index (χ1) is 13.7. The Balaban J connectivity index is 1.54. The monoisotopic (exact) mass is 408 g/mol. The fourth-order valence-corrected chi connectivity index (χ4v) is 3.78. The second kappa shape index (κ2) is 6.75. The minimum absolute atomic E-state index is 0.191. The predicted octanol–water partition coefficient (Wildman–Crippen LogP) is 2.03. The van der Waals surface area contributed by atoms with Gasteiger partial charge < -0.3 is 4.90 Å². The van der Waals surface area contributed by atoms with Crippen LogP contribution in [0.3, 0.4) is 0 Å². The van der Waals surface area contributed by atoms with Gasteiger partial charge in [-0.2, -0.15) is 13.2 Å². The maximum Gasteiger partial charge on any atom is 0.451 e. The van der Waals surface area contributed by atoms with Gasteiger partial charge in [-0.25, -0.2) is 14.5 Å². The lowest BCUT2D eigenvalue weighted by Crippen LogP contribution is -2.41. The van der Waals surface area contributed by atoms with E-state index in [0.717, 1.165) is 11.7 Å². The minimum Gasteiger partial charge on any atom is -0.337 e. The average molecular weight is 408 g/mol. The number of nitrogens with zero attached hydrogens (tertiary/aromatic N) is 6. The molecule has 4 heterocycles. The second-order valence-corrected chi connectivity index (χ2v) is 7.11. The summed E-state index contributed by atoms with van der Waals surface area (Å²) in [7, 11) is 1.06. The fraction of sp³-hybridized carbons (Fsp3) is 0.444. The van der Waals surface area contributed by atoms with Gasteiger partial charge in [0.05, 0.1) is 11.7 Å². The molecule has 0 aromatic carbocycles. The summed E-state index contributed by atoms with van der Waals surface area (Å²) < 4.78 is 42.1. The third-order valence-electron chi connectivity index (χ3n) is 5.26. The molecule has 0 radical (unpaired) electrons. The number of aryl methyl sites for hydroxylation is 1. The molecule has 0 spiro atoms. The standard InChI is InChI=1S/C18H19F3N6O2/c1-11-14(26-8-4-3-5-13(26)22-11)15(28)25-9-6-12(7-10-25)27-17(29)24(2)16(23-27)18(19,20)21/h3-5,8,12H,6-7,9-10H2,1-2H3. The molecular weight excluding hydrogens is 389 g/mol. The lowest BCUT2D eigenvalue weighted by Gasteiger charge is -2.31. The maximum absolute atomic E-state index is 13.0. The SMILES string of the molecule is Cc1nc2ccccn2c1C(=O)N1CCC(n2nc(C(F)(F)F)n(C)c2=O)CC1. The van der Waals surface area contributed by atoms with Crippen LogP contribution in [0.4, 0.5) is 13.2 Å². The van der Waals surface area contributed by atoms with Crippen molar-refractivity contribution in [2.75, 3.05) is 13.1 Å². The van der Waals surface area contributed by atoms with Crippen molar-refractivity contribution in [2.24, 2.45) is 7.05 Å². The van der Waals surface area contributed by atoms with Crippen LogP contribution in [-0.4, -0.2) is 47.6 Å². The molecule has 154 valence electrons. The summed E-state index contributed by atoms with van der Waals surface area (Å²) in [6, 6.07) is 4.96. The van der Waals surface area contributed by atoms with Crippen molar-refractivity contribution < 1.29 is 18.0 Å². The zero-order valence-corrected chi connectivity index (χ0v) is 15.8. The average Bonchev–Trinajstić information content (AvgIpc) is 3.17. The van der Waals surface area contributed by atoms with E-state index < -0.39 is 23.7 Å².